The van der Waals surface area contributed by atoms with E-state index in [-0.39, 0.29) is 5.69 Å². The fourth-order valence-corrected chi connectivity index (χ4v) is 3.86. The van der Waals surface area contributed by atoms with Crippen molar-refractivity contribution in [2.45, 2.75) is 30.9 Å². The summed E-state index contributed by atoms with van der Waals surface area (Å²) in [6.07, 6.45) is 6.66. The summed E-state index contributed by atoms with van der Waals surface area (Å²) in [5.41, 5.74) is 1.98. The minimum atomic E-state index is -0.915. The van der Waals surface area contributed by atoms with E-state index in [1.807, 2.05) is 24.0 Å². The molecule has 3 heterocycles. The Bertz CT molecular complexity index is 603. The zero-order valence-electron chi connectivity index (χ0n) is 10.6. The van der Waals surface area contributed by atoms with Gasteiger partial charge < -0.3 is 5.11 Å². The number of carboxylic acids is 1. The van der Waals surface area contributed by atoms with E-state index in [2.05, 4.69) is 4.98 Å². The van der Waals surface area contributed by atoms with Gasteiger partial charge in [0.1, 0.15) is 11.3 Å². The molecule has 19 heavy (non-hydrogen) atoms. The van der Waals surface area contributed by atoms with E-state index in [1.54, 1.807) is 16.5 Å². The smallest absolute Gasteiger partial charge is 0.352 e. The standard InChI is InChI=1S/C14H16N2O2S/c17-14(18)12-5-3-6-13-15-10(9-16(12)13)8-11-4-1-2-7-19-11/h3,5-6,9,11H,1-2,4,7-8H2,(H,17,18). The van der Waals surface area contributed by atoms with Gasteiger partial charge in [0.15, 0.2) is 0 Å². The Morgan fingerprint density at radius 2 is 2.37 bits per heavy atom. The maximum absolute atomic E-state index is 11.2. The monoisotopic (exact) mass is 276 g/mol. The average Bonchev–Trinajstić information content (AvgIpc) is 2.81. The molecule has 1 N–H and O–H groups in total. The van der Waals surface area contributed by atoms with Crippen LogP contribution in [0.5, 0.6) is 0 Å². The van der Waals surface area contributed by atoms with Crippen LogP contribution in [0.1, 0.15) is 35.4 Å². The predicted molar refractivity (Wildman–Crippen MR) is 76.0 cm³/mol. The van der Waals surface area contributed by atoms with Crippen LogP contribution < -0.4 is 0 Å². The molecule has 0 radical (unpaired) electrons. The maximum Gasteiger partial charge on any atom is 0.352 e. The normalized spacial score (nSPS) is 19.7. The third-order valence-electron chi connectivity index (χ3n) is 3.47. The van der Waals surface area contributed by atoms with Crippen LogP contribution in [0.25, 0.3) is 5.65 Å². The SMILES string of the molecule is O=C(O)c1cccc2nc(CC3CCCCS3)cn12. The van der Waals surface area contributed by atoms with Gasteiger partial charge in [-0.05, 0) is 30.7 Å². The Morgan fingerprint density at radius 3 is 3.11 bits per heavy atom. The molecule has 0 amide bonds. The Hall–Kier alpha value is -1.49. The van der Waals surface area contributed by atoms with Gasteiger partial charge in [-0.1, -0.05) is 12.5 Å². The van der Waals surface area contributed by atoms with E-state index < -0.39 is 5.97 Å². The first-order chi connectivity index (χ1) is 9.24. The van der Waals surface area contributed by atoms with Crippen LogP contribution >= 0.6 is 11.8 Å². The minimum Gasteiger partial charge on any atom is -0.477 e. The molecule has 1 saturated heterocycles. The lowest BCUT2D eigenvalue weighted by molar-refractivity contribution is 0.0689. The van der Waals surface area contributed by atoms with Crippen molar-refractivity contribution in [1.29, 1.82) is 0 Å². The van der Waals surface area contributed by atoms with Crippen molar-refractivity contribution in [2.75, 3.05) is 5.75 Å². The zero-order chi connectivity index (χ0) is 13.2. The number of carbonyl (C=O) groups is 1. The fraction of sp³-hybridized carbons (Fsp3) is 0.429. The molecule has 1 aliphatic heterocycles. The van der Waals surface area contributed by atoms with Crippen LogP contribution in [0.2, 0.25) is 0 Å². The van der Waals surface area contributed by atoms with Gasteiger partial charge in [-0.25, -0.2) is 9.78 Å². The number of nitrogens with zero attached hydrogens (tertiary/aromatic N) is 2. The van der Waals surface area contributed by atoms with E-state index in [4.69, 9.17) is 5.11 Å². The Morgan fingerprint density at radius 1 is 1.47 bits per heavy atom. The van der Waals surface area contributed by atoms with Crippen molar-refractivity contribution in [3.8, 4) is 0 Å². The molecular formula is C14H16N2O2S. The molecule has 1 atom stereocenters. The summed E-state index contributed by atoms with van der Waals surface area (Å²) in [6, 6.07) is 5.20. The number of aromatic nitrogens is 2. The van der Waals surface area contributed by atoms with Crippen LogP contribution in [-0.4, -0.2) is 31.5 Å². The highest BCUT2D eigenvalue weighted by atomic mass is 32.2. The minimum absolute atomic E-state index is 0.271. The molecule has 1 fully saturated rings. The largest absolute Gasteiger partial charge is 0.477 e. The molecule has 2 aromatic heterocycles. The number of thioether (sulfide) groups is 1. The molecular weight excluding hydrogens is 260 g/mol. The lowest BCUT2D eigenvalue weighted by Gasteiger charge is -2.19. The molecule has 4 nitrogen and oxygen atoms in total. The molecule has 0 bridgehead atoms. The highest BCUT2D eigenvalue weighted by molar-refractivity contribution is 7.99. The molecule has 0 spiro atoms. The van der Waals surface area contributed by atoms with Gasteiger partial charge in [-0.3, -0.25) is 4.40 Å². The van der Waals surface area contributed by atoms with E-state index in [1.165, 1.54) is 25.0 Å². The predicted octanol–water partition coefficient (Wildman–Crippen LogP) is 2.86. The zero-order valence-corrected chi connectivity index (χ0v) is 11.4. The van der Waals surface area contributed by atoms with E-state index in [0.29, 0.717) is 5.25 Å². The topological polar surface area (TPSA) is 54.6 Å². The van der Waals surface area contributed by atoms with Gasteiger partial charge in [0.05, 0.1) is 5.69 Å². The van der Waals surface area contributed by atoms with Crippen molar-refractivity contribution in [3.05, 3.63) is 35.8 Å². The fourth-order valence-electron chi connectivity index (χ4n) is 2.54. The number of fused-ring (bicyclic) bond motifs is 1. The second-order valence-electron chi connectivity index (χ2n) is 4.87. The summed E-state index contributed by atoms with van der Waals surface area (Å²) in [4.78, 5) is 15.7. The first-order valence-electron chi connectivity index (χ1n) is 6.56. The van der Waals surface area contributed by atoms with Crippen molar-refractivity contribution < 1.29 is 9.90 Å². The van der Waals surface area contributed by atoms with Gasteiger partial charge in [0.2, 0.25) is 0 Å². The van der Waals surface area contributed by atoms with Crippen LogP contribution in [-0.2, 0) is 6.42 Å². The Balaban J connectivity index is 1.88. The molecule has 1 unspecified atom stereocenters. The Kier molecular flexibility index (Phi) is 3.46. The van der Waals surface area contributed by atoms with Gasteiger partial charge >= 0.3 is 5.97 Å². The Labute approximate surface area is 115 Å². The van der Waals surface area contributed by atoms with Crippen LogP contribution in [0.4, 0.5) is 0 Å². The van der Waals surface area contributed by atoms with Gasteiger partial charge in [-0.2, -0.15) is 11.8 Å². The highest BCUT2D eigenvalue weighted by Gasteiger charge is 2.17. The number of pyridine rings is 1. The molecule has 100 valence electrons. The van der Waals surface area contributed by atoms with Crippen molar-refractivity contribution >= 4 is 23.4 Å². The number of hydrogen-bond acceptors (Lipinski definition) is 3. The maximum atomic E-state index is 11.2. The highest BCUT2D eigenvalue weighted by Crippen LogP contribution is 2.27. The third-order valence-corrected chi connectivity index (χ3v) is 4.87. The van der Waals surface area contributed by atoms with Crippen molar-refractivity contribution in [3.63, 3.8) is 0 Å². The number of carboxylic acid groups (broad SMARTS) is 1. The summed E-state index contributed by atoms with van der Waals surface area (Å²) < 4.78 is 1.67. The van der Waals surface area contributed by atoms with Crippen molar-refractivity contribution in [2.24, 2.45) is 0 Å². The number of imidazole rings is 1. The molecule has 3 rings (SSSR count). The van der Waals surface area contributed by atoms with Crippen LogP contribution in [0.15, 0.2) is 24.4 Å². The second kappa shape index (κ2) is 5.25. The molecule has 5 heteroatoms. The lowest BCUT2D eigenvalue weighted by Crippen LogP contribution is -2.12. The van der Waals surface area contributed by atoms with E-state index >= 15 is 0 Å². The second-order valence-corrected chi connectivity index (χ2v) is 6.28. The first-order valence-corrected chi connectivity index (χ1v) is 7.61. The molecule has 0 aromatic carbocycles. The summed E-state index contributed by atoms with van der Waals surface area (Å²) in [5, 5.41) is 9.79. The van der Waals surface area contributed by atoms with Gasteiger partial charge in [0, 0.05) is 17.9 Å². The number of rotatable bonds is 3. The van der Waals surface area contributed by atoms with Crippen LogP contribution in [0, 0.1) is 0 Å². The molecule has 0 saturated carbocycles. The van der Waals surface area contributed by atoms with Crippen molar-refractivity contribution in [1.82, 2.24) is 9.38 Å². The van der Waals surface area contributed by atoms with Crippen LogP contribution in [0.3, 0.4) is 0 Å². The summed E-state index contributed by atoms with van der Waals surface area (Å²) in [6.45, 7) is 0. The number of aromatic carboxylic acids is 1. The third kappa shape index (κ3) is 2.61. The quantitative estimate of drug-likeness (QED) is 0.936. The summed E-state index contributed by atoms with van der Waals surface area (Å²) in [7, 11) is 0. The van der Waals surface area contributed by atoms with E-state index in [0.717, 1.165) is 17.8 Å². The molecule has 0 aliphatic carbocycles. The number of hydrogen-bond donors (Lipinski definition) is 1. The first kappa shape index (κ1) is 12.5. The average molecular weight is 276 g/mol. The molecule has 2 aromatic rings. The van der Waals surface area contributed by atoms with E-state index in [9.17, 15) is 4.79 Å². The van der Waals surface area contributed by atoms with Gasteiger partial charge in [-0.15, -0.1) is 0 Å². The summed E-state index contributed by atoms with van der Waals surface area (Å²) in [5.74, 6) is 0.319. The summed E-state index contributed by atoms with van der Waals surface area (Å²) >= 11 is 2.01. The van der Waals surface area contributed by atoms with Gasteiger partial charge in [0.25, 0.3) is 0 Å². The molecule has 1 aliphatic rings. The lowest BCUT2D eigenvalue weighted by atomic mass is 10.1.